The number of likely N-dealkylation sites (N-methyl/N-ethyl adjacent to an activating group) is 1. The number of hydrogen-bond acceptors (Lipinski definition) is 2. The zero-order chi connectivity index (χ0) is 14.0. The lowest BCUT2D eigenvalue weighted by molar-refractivity contribution is 0.0375. The molecule has 2 rings (SSSR count). The Hall–Kier alpha value is -0.0800. The van der Waals surface area contributed by atoms with E-state index in [2.05, 4.69) is 44.8 Å². The van der Waals surface area contributed by atoms with Crippen LogP contribution in [0.5, 0.6) is 0 Å². The highest BCUT2D eigenvalue weighted by atomic mass is 15.2. The summed E-state index contributed by atoms with van der Waals surface area (Å²) in [5.74, 6) is 0.785. The number of hydrogen-bond donors (Lipinski definition) is 1. The zero-order valence-electron chi connectivity index (χ0n) is 13.7. The highest BCUT2D eigenvalue weighted by Gasteiger charge is 2.44. The summed E-state index contributed by atoms with van der Waals surface area (Å²) in [4.78, 5) is 2.86. The third kappa shape index (κ3) is 3.72. The summed E-state index contributed by atoms with van der Waals surface area (Å²) in [5.41, 5.74) is 0.447. The normalized spacial score (nSPS) is 31.1. The first kappa shape index (κ1) is 15.3. The van der Waals surface area contributed by atoms with Gasteiger partial charge < -0.3 is 5.32 Å². The first-order chi connectivity index (χ1) is 8.95. The second-order valence-electron chi connectivity index (χ2n) is 7.81. The molecular weight excluding hydrogens is 232 g/mol. The molecule has 0 saturated heterocycles. The van der Waals surface area contributed by atoms with Crippen LogP contribution < -0.4 is 5.32 Å². The molecule has 0 amide bonds. The largest absolute Gasteiger partial charge is 0.312 e. The van der Waals surface area contributed by atoms with Crippen LogP contribution in [0, 0.1) is 11.3 Å². The quantitative estimate of drug-likeness (QED) is 0.789. The summed E-state index contributed by atoms with van der Waals surface area (Å²) in [7, 11) is 0. The van der Waals surface area contributed by atoms with E-state index in [1.54, 1.807) is 0 Å². The van der Waals surface area contributed by atoms with Crippen LogP contribution in [-0.2, 0) is 0 Å². The maximum atomic E-state index is 3.82. The van der Waals surface area contributed by atoms with Gasteiger partial charge in [0.05, 0.1) is 0 Å². The highest BCUT2D eigenvalue weighted by Crippen LogP contribution is 2.41. The summed E-state index contributed by atoms with van der Waals surface area (Å²) >= 11 is 0. The molecule has 0 heterocycles. The van der Waals surface area contributed by atoms with Gasteiger partial charge in [-0.3, -0.25) is 4.90 Å². The Morgan fingerprint density at radius 1 is 1.21 bits per heavy atom. The maximum absolute atomic E-state index is 3.82. The standard InChI is InChI=1S/C17H34N2/c1-6-18-16-15(8-7-11-17(16,4)5)19(12-13(2)3)14-9-10-14/h13-16,18H,6-12H2,1-5H3. The van der Waals surface area contributed by atoms with Crippen LogP contribution in [-0.4, -0.2) is 36.1 Å². The van der Waals surface area contributed by atoms with Crippen molar-refractivity contribution in [1.82, 2.24) is 10.2 Å². The van der Waals surface area contributed by atoms with E-state index < -0.39 is 0 Å². The van der Waals surface area contributed by atoms with Crippen LogP contribution in [0.25, 0.3) is 0 Å². The van der Waals surface area contributed by atoms with Gasteiger partial charge in [-0.2, -0.15) is 0 Å². The molecule has 0 bridgehead atoms. The van der Waals surface area contributed by atoms with Crippen molar-refractivity contribution in [3.8, 4) is 0 Å². The van der Waals surface area contributed by atoms with Crippen molar-refractivity contribution in [2.45, 2.75) is 84.8 Å². The predicted molar refractivity (Wildman–Crippen MR) is 83.5 cm³/mol. The van der Waals surface area contributed by atoms with Crippen LogP contribution in [0.4, 0.5) is 0 Å². The average molecular weight is 266 g/mol. The van der Waals surface area contributed by atoms with Crippen molar-refractivity contribution in [3.63, 3.8) is 0 Å². The minimum atomic E-state index is 0.447. The fraction of sp³-hybridized carbons (Fsp3) is 1.00. The number of nitrogens with one attached hydrogen (secondary N) is 1. The Morgan fingerprint density at radius 3 is 2.42 bits per heavy atom. The Kier molecular flexibility index (Phi) is 4.94. The highest BCUT2D eigenvalue weighted by molar-refractivity contribution is 5.01. The summed E-state index contributed by atoms with van der Waals surface area (Å²) in [5, 5.41) is 3.82. The van der Waals surface area contributed by atoms with Crippen molar-refractivity contribution in [2.75, 3.05) is 13.1 Å². The van der Waals surface area contributed by atoms with Gasteiger partial charge in [0.25, 0.3) is 0 Å². The molecule has 2 aliphatic carbocycles. The smallest absolute Gasteiger partial charge is 0.0274 e. The fourth-order valence-corrected chi connectivity index (χ4v) is 3.98. The second kappa shape index (κ2) is 6.13. The van der Waals surface area contributed by atoms with Crippen LogP contribution in [0.3, 0.4) is 0 Å². The molecule has 2 saturated carbocycles. The van der Waals surface area contributed by atoms with Crippen LogP contribution >= 0.6 is 0 Å². The van der Waals surface area contributed by atoms with Crippen LogP contribution in [0.1, 0.15) is 66.7 Å². The number of rotatable bonds is 6. The molecule has 112 valence electrons. The van der Waals surface area contributed by atoms with Crippen molar-refractivity contribution in [1.29, 1.82) is 0 Å². The lowest BCUT2D eigenvalue weighted by atomic mass is 9.70. The van der Waals surface area contributed by atoms with Gasteiger partial charge in [-0.05, 0) is 43.6 Å². The first-order valence-electron chi connectivity index (χ1n) is 8.45. The molecule has 2 unspecified atom stereocenters. The van der Waals surface area contributed by atoms with E-state index in [4.69, 9.17) is 0 Å². The van der Waals surface area contributed by atoms with Gasteiger partial charge in [0.15, 0.2) is 0 Å². The first-order valence-corrected chi connectivity index (χ1v) is 8.45. The Morgan fingerprint density at radius 2 is 1.89 bits per heavy atom. The third-order valence-corrected chi connectivity index (χ3v) is 4.99. The van der Waals surface area contributed by atoms with E-state index in [0.29, 0.717) is 11.5 Å². The fourth-order valence-electron chi connectivity index (χ4n) is 3.98. The van der Waals surface area contributed by atoms with E-state index in [0.717, 1.165) is 24.5 Å². The molecule has 2 fully saturated rings. The van der Waals surface area contributed by atoms with E-state index in [9.17, 15) is 0 Å². The minimum Gasteiger partial charge on any atom is -0.312 e. The van der Waals surface area contributed by atoms with Gasteiger partial charge in [-0.15, -0.1) is 0 Å². The summed E-state index contributed by atoms with van der Waals surface area (Å²) < 4.78 is 0. The van der Waals surface area contributed by atoms with Crippen LogP contribution in [0.15, 0.2) is 0 Å². The summed E-state index contributed by atoms with van der Waals surface area (Å²) in [6.07, 6.45) is 7.04. The number of nitrogens with zero attached hydrogens (tertiary/aromatic N) is 1. The molecule has 0 aromatic rings. The molecule has 0 aromatic carbocycles. The molecule has 2 heteroatoms. The lowest BCUT2D eigenvalue weighted by Gasteiger charge is -2.49. The molecule has 2 atom stereocenters. The molecular formula is C17H34N2. The lowest BCUT2D eigenvalue weighted by Crippen LogP contribution is -2.59. The molecule has 1 N–H and O–H groups in total. The summed E-state index contributed by atoms with van der Waals surface area (Å²) in [6.45, 7) is 14.3. The molecule has 2 nitrogen and oxygen atoms in total. The molecule has 0 spiro atoms. The molecule has 0 aliphatic heterocycles. The SMILES string of the molecule is CCNC1C(N(CC(C)C)C2CC2)CCCC1(C)C. The third-order valence-electron chi connectivity index (χ3n) is 4.99. The van der Waals surface area contributed by atoms with Crippen molar-refractivity contribution in [2.24, 2.45) is 11.3 Å². The van der Waals surface area contributed by atoms with Gasteiger partial charge in [0, 0.05) is 24.7 Å². The van der Waals surface area contributed by atoms with E-state index in [1.165, 1.54) is 38.6 Å². The predicted octanol–water partition coefficient (Wildman–Crippen LogP) is 3.66. The van der Waals surface area contributed by atoms with Gasteiger partial charge in [0.2, 0.25) is 0 Å². The van der Waals surface area contributed by atoms with Gasteiger partial charge >= 0.3 is 0 Å². The topological polar surface area (TPSA) is 15.3 Å². The van der Waals surface area contributed by atoms with Gasteiger partial charge in [0.1, 0.15) is 0 Å². The monoisotopic (exact) mass is 266 g/mol. The molecule has 0 radical (unpaired) electrons. The van der Waals surface area contributed by atoms with Crippen molar-refractivity contribution in [3.05, 3.63) is 0 Å². The minimum absolute atomic E-state index is 0.447. The van der Waals surface area contributed by atoms with Gasteiger partial charge in [-0.1, -0.05) is 41.0 Å². The molecule has 0 aromatic heterocycles. The zero-order valence-corrected chi connectivity index (χ0v) is 13.7. The van der Waals surface area contributed by atoms with Gasteiger partial charge in [-0.25, -0.2) is 0 Å². The second-order valence-corrected chi connectivity index (χ2v) is 7.81. The Balaban J connectivity index is 2.12. The average Bonchev–Trinajstić information content (AvgIpc) is 3.12. The molecule has 2 aliphatic rings. The maximum Gasteiger partial charge on any atom is 0.0274 e. The van der Waals surface area contributed by atoms with E-state index in [-0.39, 0.29) is 0 Å². The molecule has 19 heavy (non-hydrogen) atoms. The Bertz CT molecular complexity index is 281. The van der Waals surface area contributed by atoms with E-state index in [1.807, 2.05) is 0 Å². The summed E-state index contributed by atoms with van der Waals surface area (Å²) in [6, 6.07) is 2.33. The Labute approximate surface area is 120 Å². The van der Waals surface area contributed by atoms with Crippen molar-refractivity contribution >= 4 is 0 Å². The van der Waals surface area contributed by atoms with E-state index >= 15 is 0 Å². The van der Waals surface area contributed by atoms with Crippen molar-refractivity contribution < 1.29 is 0 Å². The van der Waals surface area contributed by atoms with Crippen LogP contribution in [0.2, 0.25) is 0 Å².